The molecule has 1 unspecified atom stereocenters. The fourth-order valence-electron chi connectivity index (χ4n) is 3.28. The van der Waals surface area contributed by atoms with Crippen molar-refractivity contribution in [2.24, 2.45) is 0 Å². The number of imidazole rings is 1. The summed E-state index contributed by atoms with van der Waals surface area (Å²) in [7, 11) is 0. The van der Waals surface area contributed by atoms with E-state index >= 15 is 0 Å². The first-order valence-electron chi connectivity index (χ1n) is 8.97. The molecule has 1 fully saturated rings. The Morgan fingerprint density at radius 1 is 1.24 bits per heavy atom. The summed E-state index contributed by atoms with van der Waals surface area (Å²) in [5, 5.41) is 0. The van der Waals surface area contributed by atoms with E-state index < -0.39 is 5.60 Å². The highest BCUT2D eigenvalue weighted by atomic mass is 16.6. The highest BCUT2D eigenvalue weighted by molar-refractivity contribution is 5.69. The Hall–Kier alpha value is -2.30. The van der Waals surface area contributed by atoms with Crippen LogP contribution in [0, 0.1) is 6.92 Å². The summed E-state index contributed by atoms with van der Waals surface area (Å²) in [5.41, 5.74) is 2.59. The van der Waals surface area contributed by atoms with Gasteiger partial charge in [-0.25, -0.2) is 9.78 Å². The summed E-state index contributed by atoms with van der Waals surface area (Å²) in [5.74, 6) is 0.849. The van der Waals surface area contributed by atoms with Crippen LogP contribution in [0.3, 0.4) is 0 Å². The fraction of sp³-hybridized carbons (Fsp3) is 0.500. The lowest BCUT2D eigenvalue weighted by Crippen LogP contribution is -2.42. The smallest absolute Gasteiger partial charge is 0.410 e. The fourth-order valence-corrected chi connectivity index (χ4v) is 3.28. The molecule has 1 saturated heterocycles. The second-order valence-electron chi connectivity index (χ2n) is 7.63. The number of carbonyl (C=O) groups excluding carboxylic acids is 1. The molecule has 25 heavy (non-hydrogen) atoms. The van der Waals surface area contributed by atoms with Crippen molar-refractivity contribution in [1.29, 1.82) is 0 Å². The molecule has 0 saturated carbocycles. The van der Waals surface area contributed by atoms with Gasteiger partial charge in [-0.05, 0) is 52.5 Å². The predicted octanol–water partition coefficient (Wildman–Crippen LogP) is 4.85. The maximum Gasteiger partial charge on any atom is 0.410 e. The van der Waals surface area contributed by atoms with Crippen LogP contribution in [-0.4, -0.2) is 33.1 Å². The second-order valence-corrected chi connectivity index (χ2v) is 7.63. The lowest BCUT2D eigenvalue weighted by atomic mass is 10.0. The van der Waals surface area contributed by atoms with E-state index in [1.165, 1.54) is 0 Å². The normalized spacial score (nSPS) is 18.2. The van der Waals surface area contributed by atoms with Crippen molar-refractivity contribution in [2.45, 2.75) is 58.6 Å². The number of rotatable bonds is 2. The number of aromatic nitrogens is 2. The molecule has 1 aliphatic heterocycles. The van der Waals surface area contributed by atoms with Crippen LogP contribution in [0.4, 0.5) is 4.79 Å². The number of aryl methyl sites for hydroxylation is 1. The lowest BCUT2D eigenvalue weighted by Gasteiger charge is -2.35. The maximum atomic E-state index is 12.6. The third-order valence-electron chi connectivity index (χ3n) is 4.41. The number of H-pyrrole nitrogens is 1. The van der Waals surface area contributed by atoms with Crippen LogP contribution in [0.15, 0.2) is 30.3 Å². The molecule has 5 heteroatoms. The van der Waals surface area contributed by atoms with Crippen LogP contribution >= 0.6 is 0 Å². The molecule has 3 rings (SSSR count). The number of nitrogens with one attached hydrogen (secondary N) is 1. The van der Waals surface area contributed by atoms with Crippen molar-refractivity contribution < 1.29 is 9.53 Å². The summed E-state index contributed by atoms with van der Waals surface area (Å²) in [6, 6.07) is 10.1. The van der Waals surface area contributed by atoms with E-state index in [9.17, 15) is 4.79 Å². The number of benzene rings is 1. The number of ether oxygens (including phenoxy) is 1. The van der Waals surface area contributed by atoms with E-state index in [4.69, 9.17) is 9.72 Å². The number of hydrogen-bond donors (Lipinski definition) is 1. The zero-order valence-electron chi connectivity index (χ0n) is 15.5. The third kappa shape index (κ3) is 4.03. The van der Waals surface area contributed by atoms with Gasteiger partial charge in [0.2, 0.25) is 0 Å². The number of aromatic amines is 1. The standard InChI is InChI=1S/C20H27N3O2/c1-14-17(15-10-6-5-7-11-15)22-18(21-14)16-12-8-9-13-23(16)19(24)25-20(2,3)4/h5-7,10-11,16H,8-9,12-13H2,1-4H3,(H,21,22). The number of nitrogens with zero attached hydrogens (tertiary/aromatic N) is 2. The molecule has 1 aromatic heterocycles. The van der Waals surface area contributed by atoms with Crippen molar-refractivity contribution in [1.82, 2.24) is 14.9 Å². The Morgan fingerprint density at radius 3 is 2.64 bits per heavy atom. The summed E-state index contributed by atoms with van der Waals surface area (Å²) in [6.45, 7) is 8.40. The SMILES string of the molecule is Cc1nc(C2CCCCN2C(=O)OC(C)(C)C)[nH]c1-c1ccccc1. The van der Waals surface area contributed by atoms with Crippen LogP contribution in [0.5, 0.6) is 0 Å². The van der Waals surface area contributed by atoms with Crippen molar-refractivity contribution in [3.63, 3.8) is 0 Å². The van der Waals surface area contributed by atoms with Gasteiger partial charge in [-0.15, -0.1) is 0 Å². The lowest BCUT2D eigenvalue weighted by molar-refractivity contribution is 0.00853. The molecule has 134 valence electrons. The van der Waals surface area contributed by atoms with Gasteiger partial charge in [0.25, 0.3) is 0 Å². The van der Waals surface area contributed by atoms with E-state index in [0.717, 1.165) is 42.0 Å². The van der Waals surface area contributed by atoms with Gasteiger partial charge in [0.05, 0.1) is 17.4 Å². The van der Waals surface area contributed by atoms with E-state index in [-0.39, 0.29) is 12.1 Å². The molecular weight excluding hydrogens is 314 g/mol. The molecule has 0 radical (unpaired) electrons. The largest absolute Gasteiger partial charge is 0.444 e. The molecule has 0 aliphatic carbocycles. The molecule has 5 nitrogen and oxygen atoms in total. The first-order valence-corrected chi connectivity index (χ1v) is 8.97. The number of amides is 1. The molecule has 1 aliphatic rings. The molecule has 1 amide bonds. The van der Waals surface area contributed by atoms with Gasteiger partial charge in [0.1, 0.15) is 11.4 Å². The maximum absolute atomic E-state index is 12.6. The van der Waals surface area contributed by atoms with Gasteiger partial charge in [0, 0.05) is 6.54 Å². The van der Waals surface area contributed by atoms with Crippen LogP contribution < -0.4 is 0 Å². The summed E-state index contributed by atoms with van der Waals surface area (Å²) < 4.78 is 5.60. The highest BCUT2D eigenvalue weighted by Gasteiger charge is 2.33. The molecule has 2 heterocycles. The van der Waals surface area contributed by atoms with Crippen LogP contribution in [0.2, 0.25) is 0 Å². The van der Waals surface area contributed by atoms with Crippen molar-refractivity contribution >= 4 is 6.09 Å². The molecule has 2 aromatic rings. The minimum Gasteiger partial charge on any atom is -0.444 e. The predicted molar refractivity (Wildman–Crippen MR) is 98.3 cm³/mol. The van der Waals surface area contributed by atoms with E-state index in [1.807, 2.05) is 50.8 Å². The van der Waals surface area contributed by atoms with Crippen molar-refractivity contribution in [2.75, 3.05) is 6.54 Å². The van der Waals surface area contributed by atoms with Gasteiger partial charge in [-0.2, -0.15) is 0 Å². The van der Waals surface area contributed by atoms with Crippen LogP contribution in [0.25, 0.3) is 11.3 Å². The van der Waals surface area contributed by atoms with E-state index in [1.54, 1.807) is 0 Å². The third-order valence-corrected chi connectivity index (χ3v) is 4.41. The molecule has 1 N–H and O–H groups in total. The quantitative estimate of drug-likeness (QED) is 0.849. The summed E-state index contributed by atoms with van der Waals surface area (Å²) >= 11 is 0. The minimum atomic E-state index is -0.493. The van der Waals surface area contributed by atoms with Gasteiger partial charge in [0.15, 0.2) is 0 Å². The van der Waals surface area contributed by atoms with Gasteiger partial charge in [-0.1, -0.05) is 30.3 Å². The minimum absolute atomic E-state index is 0.0558. The van der Waals surface area contributed by atoms with Gasteiger partial charge < -0.3 is 9.72 Å². The van der Waals surface area contributed by atoms with Crippen LogP contribution in [-0.2, 0) is 4.74 Å². The topological polar surface area (TPSA) is 58.2 Å². The molecule has 1 aromatic carbocycles. The molecule has 1 atom stereocenters. The number of piperidine rings is 1. The van der Waals surface area contributed by atoms with E-state index in [2.05, 4.69) is 17.1 Å². The summed E-state index contributed by atoms with van der Waals surface area (Å²) in [4.78, 5) is 22.6. The monoisotopic (exact) mass is 341 g/mol. The first-order chi connectivity index (χ1) is 11.8. The number of carbonyl (C=O) groups is 1. The Morgan fingerprint density at radius 2 is 1.96 bits per heavy atom. The number of likely N-dealkylation sites (tertiary alicyclic amines) is 1. The van der Waals surface area contributed by atoms with Gasteiger partial charge >= 0.3 is 6.09 Å². The zero-order valence-corrected chi connectivity index (χ0v) is 15.5. The Bertz CT molecular complexity index is 731. The molecule has 0 spiro atoms. The Balaban J connectivity index is 1.87. The van der Waals surface area contributed by atoms with E-state index in [0.29, 0.717) is 6.54 Å². The highest BCUT2D eigenvalue weighted by Crippen LogP contribution is 2.33. The van der Waals surface area contributed by atoms with Crippen molar-refractivity contribution in [3.05, 3.63) is 41.9 Å². The average Bonchev–Trinajstić information content (AvgIpc) is 2.96. The zero-order chi connectivity index (χ0) is 18.0. The first kappa shape index (κ1) is 17.5. The number of hydrogen-bond acceptors (Lipinski definition) is 3. The second kappa shape index (κ2) is 6.90. The Kier molecular flexibility index (Phi) is 4.84. The molecular formula is C20H27N3O2. The van der Waals surface area contributed by atoms with Crippen LogP contribution in [0.1, 0.15) is 57.6 Å². The average molecular weight is 341 g/mol. The summed E-state index contributed by atoms with van der Waals surface area (Å²) in [6.07, 6.45) is 2.73. The van der Waals surface area contributed by atoms with Crippen molar-refractivity contribution in [3.8, 4) is 11.3 Å². The Labute approximate surface area is 149 Å². The molecule has 0 bridgehead atoms. The van der Waals surface area contributed by atoms with Gasteiger partial charge in [-0.3, -0.25) is 4.90 Å².